The van der Waals surface area contributed by atoms with E-state index in [0.717, 1.165) is 0 Å². The quantitative estimate of drug-likeness (QED) is 0.294. The van der Waals surface area contributed by atoms with Gasteiger partial charge in [0.2, 0.25) is 0 Å². The number of imidazole rings is 1. The van der Waals surface area contributed by atoms with Crippen LogP contribution in [0.1, 0.15) is 6.23 Å². The molecule has 24 heavy (non-hydrogen) atoms. The van der Waals surface area contributed by atoms with Crippen LogP contribution in [0.15, 0.2) is 12.7 Å². The van der Waals surface area contributed by atoms with Crippen molar-refractivity contribution in [1.82, 2.24) is 19.5 Å². The van der Waals surface area contributed by atoms with Crippen molar-refractivity contribution in [2.24, 2.45) is 0 Å². The number of hydrogen-bond acceptors (Lipinski definition) is 9. The van der Waals surface area contributed by atoms with E-state index < -0.39 is 31.3 Å². The van der Waals surface area contributed by atoms with Gasteiger partial charge in [0, 0.05) is 18.9 Å². The summed E-state index contributed by atoms with van der Waals surface area (Å²) >= 11 is 4.33. The number of nitrogens with zero attached hydrogens (tertiary/aromatic N) is 4. The van der Waals surface area contributed by atoms with Gasteiger partial charge in [0.05, 0.1) is 12.9 Å². The Morgan fingerprint density at radius 1 is 1.29 bits per heavy atom. The Morgan fingerprint density at radius 2 is 2.00 bits per heavy atom. The van der Waals surface area contributed by atoms with Crippen molar-refractivity contribution in [1.29, 1.82) is 0 Å². The van der Waals surface area contributed by atoms with Gasteiger partial charge in [-0.15, -0.1) is 0 Å². The van der Waals surface area contributed by atoms with Gasteiger partial charge in [0.25, 0.3) is 0 Å². The van der Waals surface area contributed by atoms with Crippen LogP contribution in [0.3, 0.4) is 0 Å². The summed E-state index contributed by atoms with van der Waals surface area (Å²) in [7, 11) is 0. The zero-order chi connectivity index (χ0) is 16.8. The largest absolute Gasteiger partial charge is 0.387 e. The van der Waals surface area contributed by atoms with Crippen molar-refractivity contribution in [3.05, 3.63) is 12.7 Å². The topological polar surface area (TPSA) is 169 Å². The molecule has 0 spiro atoms. The van der Waals surface area contributed by atoms with Crippen molar-refractivity contribution < 1.29 is 29.3 Å². The fourth-order valence-electron chi connectivity index (χ4n) is 2.32. The number of nitrogen functional groups attached to an aromatic ring is 1. The van der Waals surface area contributed by atoms with Crippen LogP contribution in [-0.4, -0.2) is 83.3 Å². The average molecular weight is 370 g/mol. The van der Waals surface area contributed by atoms with Crippen molar-refractivity contribution in [2.75, 3.05) is 12.3 Å². The number of nitrogens with two attached hydrogens (primary N) is 1. The summed E-state index contributed by atoms with van der Waals surface area (Å²) in [6.45, 7) is -4.27. The van der Waals surface area contributed by atoms with Crippen LogP contribution in [0.25, 0.3) is 11.2 Å². The Hall–Kier alpha value is -0.643. The fraction of sp³-hybridized carbons (Fsp3) is 0.500. The number of rotatable bonds is 4. The van der Waals surface area contributed by atoms with E-state index in [-0.39, 0.29) is 31.3 Å². The Labute approximate surface area is 152 Å². The molecule has 0 saturated carbocycles. The Morgan fingerprint density at radius 3 is 2.67 bits per heavy atom. The van der Waals surface area contributed by atoms with Gasteiger partial charge >= 0.3 is 6.72 Å². The SMILES string of the molecule is Nc1ncnc2c1ncn2C1OC(COP(O)(O)=S)C(O)C1O.[Li]. The molecule has 4 unspecified atom stereocenters. The number of hydrogen-bond donors (Lipinski definition) is 5. The normalized spacial score (nSPS) is 27.3. The summed E-state index contributed by atoms with van der Waals surface area (Å²) in [6, 6.07) is 0. The zero-order valence-corrected chi connectivity index (χ0v) is 14.2. The molecule has 3 rings (SSSR count). The van der Waals surface area contributed by atoms with E-state index in [9.17, 15) is 10.2 Å². The van der Waals surface area contributed by atoms with E-state index >= 15 is 0 Å². The summed E-state index contributed by atoms with van der Waals surface area (Å²) in [5.41, 5.74) is 6.35. The monoisotopic (exact) mass is 370 g/mol. The molecule has 1 fully saturated rings. The Balaban J connectivity index is 0.00000208. The number of fused-ring (bicyclic) bond motifs is 1. The standard InChI is InChI=1S/C10H14N5O6PS.Li/c11-8-5-9(13-2-12-8)15(3-14-5)10-7(17)6(16)4(21-10)1-20-22(18,19)23;/h2-4,6-7,10,16-17H,1H2,(H2,11,12,13)(H2,18,19,23);. The van der Waals surface area contributed by atoms with Crippen LogP contribution in [0.2, 0.25) is 0 Å². The second kappa shape index (κ2) is 7.31. The van der Waals surface area contributed by atoms with Crippen LogP contribution < -0.4 is 5.73 Å². The summed E-state index contributed by atoms with van der Waals surface area (Å²) in [5.74, 6) is 0.169. The van der Waals surface area contributed by atoms with E-state index in [4.69, 9.17) is 20.3 Å². The van der Waals surface area contributed by atoms with Crippen LogP contribution in [0.4, 0.5) is 5.82 Å². The third kappa shape index (κ3) is 3.79. The van der Waals surface area contributed by atoms with Crippen molar-refractivity contribution >= 4 is 54.4 Å². The minimum Gasteiger partial charge on any atom is -0.387 e. The van der Waals surface area contributed by atoms with Crippen LogP contribution in [0, 0.1) is 0 Å². The average Bonchev–Trinajstić information content (AvgIpc) is 3.01. The van der Waals surface area contributed by atoms with Gasteiger partial charge < -0.3 is 35.0 Å². The van der Waals surface area contributed by atoms with E-state index in [2.05, 4.69) is 31.3 Å². The molecule has 14 heteroatoms. The van der Waals surface area contributed by atoms with Crippen molar-refractivity contribution in [3.8, 4) is 0 Å². The smallest absolute Gasteiger partial charge is 0.321 e. The van der Waals surface area contributed by atoms with E-state index in [0.29, 0.717) is 11.2 Å². The van der Waals surface area contributed by atoms with E-state index in [1.165, 1.54) is 17.2 Å². The molecule has 1 saturated heterocycles. The number of aliphatic hydroxyl groups is 2. The van der Waals surface area contributed by atoms with E-state index in [1.54, 1.807) is 0 Å². The van der Waals surface area contributed by atoms with Gasteiger partial charge in [-0.05, 0) is 11.8 Å². The predicted octanol–water partition coefficient (Wildman–Crippen LogP) is -2.13. The third-order valence-electron chi connectivity index (χ3n) is 3.41. The maximum atomic E-state index is 10.2. The molecule has 0 aliphatic carbocycles. The Kier molecular flexibility index (Phi) is 5.99. The number of aromatic nitrogens is 4. The molecule has 0 bridgehead atoms. The van der Waals surface area contributed by atoms with Gasteiger partial charge in [-0.2, -0.15) is 0 Å². The van der Waals surface area contributed by atoms with Gasteiger partial charge in [-0.3, -0.25) is 4.57 Å². The van der Waals surface area contributed by atoms with Crippen LogP contribution in [0.5, 0.6) is 0 Å². The van der Waals surface area contributed by atoms with Crippen LogP contribution >= 0.6 is 6.72 Å². The molecule has 0 amide bonds. The fourth-order valence-corrected chi connectivity index (χ4v) is 2.85. The second-order valence-corrected chi connectivity index (χ2v) is 7.58. The molecule has 11 nitrogen and oxygen atoms in total. The molecule has 127 valence electrons. The number of ether oxygens (including phenoxy) is 1. The first-order valence-electron chi connectivity index (χ1n) is 6.42. The van der Waals surface area contributed by atoms with Gasteiger partial charge in [-0.1, -0.05) is 0 Å². The second-order valence-electron chi connectivity index (χ2n) is 4.92. The first-order chi connectivity index (χ1) is 10.8. The molecule has 2 aromatic heterocycles. The summed E-state index contributed by atoms with van der Waals surface area (Å²) in [5, 5.41) is 20.2. The number of aliphatic hydroxyl groups excluding tert-OH is 2. The predicted molar refractivity (Wildman–Crippen MR) is 86.1 cm³/mol. The van der Waals surface area contributed by atoms with Crippen molar-refractivity contribution in [3.63, 3.8) is 0 Å². The minimum absolute atomic E-state index is 0. The summed E-state index contributed by atoms with van der Waals surface area (Å²) in [6.07, 6.45) is -2.06. The first kappa shape index (κ1) is 19.7. The molecule has 3 heterocycles. The molecular formula is C10H14LiN5O6PS. The zero-order valence-electron chi connectivity index (χ0n) is 12.5. The molecule has 0 aromatic carbocycles. The molecule has 1 aliphatic heterocycles. The molecule has 4 atom stereocenters. The molecule has 2 aromatic rings. The van der Waals surface area contributed by atoms with Crippen LogP contribution in [-0.2, 0) is 21.1 Å². The van der Waals surface area contributed by atoms with E-state index in [1.807, 2.05) is 0 Å². The minimum atomic E-state index is -3.89. The number of anilines is 1. The third-order valence-corrected chi connectivity index (χ3v) is 4.21. The van der Waals surface area contributed by atoms with Gasteiger partial charge in [0.1, 0.15) is 30.2 Å². The maximum Gasteiger partial charge on any atom is 0.321 e. The molecule has 1 radical (unpaired) electrons. The summed E-state index contributed by atoms with van der Waals surface area (Å²) < 4.78 is 11.6. The molecular weight excluding hydrogens is 356 g/mol. The Bertz CT molecular complexity index is 773. The van der Waals surface area contributed by atoms with Gasteiger partial charge in [-0.25, -0.2) is 15.0 Å². The molecule has 1 aliphatic rings. The first-order valence-corrected chi connectivity index (χ1v) is 9.05. The van der Waals surface area contributed by atoms with Crippen molar-refractivity contribution in [2.45, 2.75) is 24.5 Å². The van der Waals surface area contributed by atoms with Gasteiger partial charge in [0.15, 0.2) is 17.7 Å². The summed E-state index contributed by atoms with van der Waals surface area (Å²) in [4.78, 5) is 30.0. The maximum absolute atomic E-state index is 10.2. The molecule has 6 N–H and O–H groups in total.